The van der Waals surface area contributed by atoms with E-state index in [-0.39, 0.29) is 23.3 Å². The number of alkyl halides is 2. The van der Waals surface area contributed by atoms with Crippen LogP contribution in [-0.4, -0.2) is 55.9 Å². The maximum absolute atomic E-state index is 10.5. The largest absolute Gasteiger partial charge is 0.481 e. The standard InChI is InChI=1S/C10H16Cl2O4S2/c11-5-7(3-9(13)14)17-1-2-18-8(6-12)4-10(15)16/h7-8H,1-6H2,(H,13,14)(H,15,16). The molecular formula is C10H16Cl2O4S2. The fourth-order valence-electron chi connectivity index (χ4n) is 1.14. The number of thioether (sulfide) groups is 2. The van der Waals surface area contributed by atoms with Gasteiger partial charge >= 0.3 is 11.9 Å². The fraction of sp³-hybridized carbons (Fsp3) is 0.800. The first kappa shape index (κ1) is 18.2. The third kappa shape index (κ3) is 10.2. The van der Waals surface area contributed by atoms with Crippen molar-refractivity contribution in [2.45, 2.75) is 23.3 Å². The third-order valence-electron chi connectivity index (χ3n) is 1.94. The first-order chi connectivity index (χ1) is 8.49. The highest BCUT2D eigenvalue weighted by atomic mass is 35.5. The summed E-state index contributed by atoms with van der Waals surface area (Å²) < 4.78 is 0. The van der Waals surface area contributed by atoms with Gasteiger partial charge in [0.2, 0.25) is 0 Å². The van der Waals surface area contributed by atoms with Crippen LogP contribution >= 0.6 is 46.7 Å². The number of rotatable bonds is 11. The molecule has 0 saturated carbocycles. The fourth-order valence-corrected chi connectivity index (χ4v) is 4.02. The molecule has 0 bridgehead atoms. The molecular weight excluding hydrogens is 319 g/mol. The summed E-state index contributed by atoms with van der Waals surface area (Å²) in [5.74, 6) is 0.367. The summed E-state index contributed by atoms with van der Waals surface area (Å²) in [4.78, 5) is 21.0. The highest BCUT2D eigenvalue weighted by Crippen LogP contribution is 2.21. The second-order valence-corrected chi connectivity index (χ2v) is 6.92. The SMILES string of the molecule is O=C(O)CC(CCl)SCCSC(CCl)CC(=O)O. The lowest BCUT2D eigenvalue weighted by Crippen LogP contribution is -2.14. The van der Waals surface area contributed by atoms with Gasteiger partial charge in [0.15, 0.2) is 0 Å². The van der Waals surface area contributed by atoms with E-state index in [0.717, 1.165) is 11.5 Å². The lowest BCUT2D eigenvalue weighted by atomic mass is 10.3. The van der Waals surface area contributed by atoms with Gasteiger partial charge in [-0.25, -0.2) is 0 Å². The Hall–Kier alpha value is 0.220. The van der Waals surface area contributed by atoms with Crippen molar-refractivity contribution in [3.05, 3.63) is 0 Å². The highest BCUT2D eigenvalue weighted by molar-refractivity contribution is 8.03. The molecule has 4 nitrogen and oxygen atoms in total. The number of carboxylic acids is 2. The van der Waals surface area contributed by atoms with E-state index in [1.807, 2.05) is 0 Å². The summed E-state index contributed by atoms with van der Waals surface area (Å²) in [6.45, 7) is 0. The highest BCUT2D eigenvalue weighted by Gasteiger charge is 2.15. The van der Waals surface area contributed by atoms with Crippen molar-refractivity contribution in [3.63, 3.8) is 0 Å². The average molecular weight is 335 g/mol. The minimum absolute atomic E-state index is 0.0485. The van der Waals surface area contributed by atoms with Crippen LogP contribution in [0.3, 0.4) is 0 Å². The average Bonchev–Trinajstić information content (AvgIpc) is 2.30. The zero-order valence-electron chi connectivity index (χ0n) is 9.68. The van der Waals surface area contributed by atoms with Crippen LogP contribution in [0.4, 0.5) is 0 Å². The van der Waals surface area contributed by atoms with Crippen LogP contribution < -0.4 is 0 Å². The molecule has 2 unspecified atom stereocenters. The smallest absolute Gasteiger partial charge is 0.304 e. The van der Waals surface area contributed by atoms with Crippen molar-refractivity contribution in [2.75, 3.05) is 23.3 Å². The summed E-state index contributed by atoms with van der Waals surface area (Å²) in [7, 11) is 0. The van der Waals surface area contributed by atoms with Crippen molar-refractivity contribution in [1.29, 1.82) is 0 Å². The molecule has 0 aliphatic heterocycles. The Morgan fingerprint density at radius 3 is 1.44 bits per heavy atom. The van der Waals surface area contributed by atoms with E-state index in [1.54, 1.807) is 0 Å². The van der Waals surface area contributed by atoms with E-state index >= 15 is 0 Å². The second kappa shape index (κ2) is 11.1. The van der Waals surface area contributed by atoms with E-state index < -0.39 is 11.9 Å². The lowest BCUT2D eigenvalue weighted by Gasteiger charge is -2.13. The van der Waals surface area contributed by atoms with E-state index in [0.29, 0.717) is 11.8 Å². The first-order valence-electron chi connectivity index (χ1n) is 5.28. The lowest BCUT2D eigenvalue weighted by molar-refractivity contribution is -0.137. The Morgan fingerprint density at radius 1 is 0.889 bits per heavy atom. The molecule has 18 heavy (non-hydrogen) atoms. The Balaban J connectivity index is 3.75. The number of halogens is 2. The van der Waals surface area contributed by atoms with Gasteiger partial charge in [0.25, 0.3) is 0 Å². The van der Waals surface area contributed by atoms with Gasteiger partial charge in [0.1, 0.15) is 0 Å². The van der Waals surface area contributed by atoms with E-state index in [2.05, 4.69) is 0 Å². The molecule has 0 aliphatic rings. The molecule has 0 aliphatic carbocycles. The predicted molar refractivity (Wildman–Crippen MR) is 78.4 cm³/mol. The van der Waals surface area contributed by atoms with Gasteiger partial charge in [-0.1, -0.05) is 0 Å². The second-order valence-electron chi connectivity index (χ2n) is 3.49. The predicted octanol–water partition coefficient (Wildman–Crippen LogP) is 2.62. The van der Waals surface area contributed by atoms with Crippen LogP contribution in [0.25, 0.3) is 0 Å². The molecule has 0 spiro atoms. The number of hydrogen-bond acceptors (Lipinski definition) is 4. The minimum Gasteiger partial charge on any atom is -0.481 e. The van der Waals surface area contributed by atoms with Crippen molar-refractivity contribution < 1.29 is 19.8 Å². The van der Waals surface area contributed by atoms with Gasteiger partial charge in [0.05, 0.1) is 12.8 Å². The normalized spacial score (nSPS) is 14.1. The molecule has 0 rings (SSSR count). The summed E-state index contributed by atoms with van der Waals surface area (Å²) in [6.07, 6.45) is 0.0970. The van der Waals surface area contributed by atoms with Gasteiger partial charge in [-0.3, -0.25) is 9.59 Å². The zero-order valence-corrected chi connectivity index (χ0v) is 12.8. The molecule has 0 amide bonds. The molecule has 0 radical (unpaired) electrons. The monoisotopic (exact) mass is 334 g/mol. The third-order valence-corrected chi connectivity index (χ3v) is 5.80. The molecule has 0 fully saturated rings. The minimum atomic E-state index is -0.856. The Bertz CT molecular complexity index is 240. The van der Waals surface area contributed by atoms with E-state index in [4.69, 9.17) is 33.4 Å². The topological polar surface area (TPSA) is 74.6 Å². The van der Waals surface area contributed by atoms with Gasteiger partial charge in [-0.2, -0.15) is 23.5 Å². The number of carboxylic acid groups (broad SMARTS) is 2. The number of hydrogen-bond donors (Lipinski definition) is 2. The molecule has 2 atom stereocenters. The van der Waals surface area contributed by atoms with Crippen molar-refractivity contribution in [3.8, 4) is 0 Å². The Morgan fingerprint density at radius 2 is 1.22 bits per heavy atom. The maximum Gasteiger partial charge on any atom is 0.304 e. The van der Waals surface area contributed by atoms with Crippen LogP contribution in [0, 0.1) is 0 Å². The maximum atomic E-state index is 10.5. The van der Waals surface area contributed by atoms with Crippen molar-refractivity contribution in [1.82, 2.24) is 0 Å². The Kier molecular flexibility index (Phi) is 11.2. The molecule has 0 heterocycles. The summed E-state index contributed by atoms with van der Waals surface area (Å²) in [5, 5.41) is 17.1. The van der Waals surface area contributed by atoms with Crippen LogP contribution in [0.15, 0.2) is 0 Å². The van der Waals surface area contributed by atoms with Gasteiger partial charge in [-0.05, 0) is 0 Å². The molecule has 106 valence electrons. The number of aliphatic carboxylic acids is 2. The van der Waals surface area contributed by atoms with Crippen LogP contribution in [-0.2, 0) is 9.59 Å². The molecule has 8 heteroatoms. The van der Waals surface area contributed by atoms with E-state index in [1.165, 1.54) is 23.5 Å². The van der Waals surface area contributed by atoms with Crippen molar-refractivity contribution in [2.24, 2.45) is 0 Å². The first-order valence-corrected chi connectivity index (χ1v) is 8.45. The van der Waals surface area contributed by atoms with Gasteiger partial charge in [0, 0.05) is 33.8 Å². The quantitative estimate of drug-likeness (QED) is 0.447. The van der Waals surface area contributed by atoms with Gasteiger partial charge in [-0.15, -0.1) is 23.2 Å². The van der Waals surface area contributed by atoms with Gasteiger partial charge < -0.3 is 10.2 Å². The van der Waals surface area contributed by atoms with Crippen LogP contribution in [0.5, 0.6) is 0 Å². The van der Waals surface area contributed by atoms with Crippen LogP contribution in [0.1, 0.15) is 12.8 Å². The van der Waals surface area contributed by atoms with E-state index in [9.17, 15) is 9.59 Å². The zero-order chi connectivity index (χ0) is 14.0. The van der Waals surface area contributed by atoms with Crippen LogP contribution in [0.2, 0.25) is 0 Å². The summed E-state index contributed by atoms with van der Waals surface area (Å²) in [5.41, 5.74) is 0. The molecule has 0 aromatic heterocycles. The molecule has 2 N–H and O–H groups in total. The molecule has 0 aromatic rings. The number of carbonyl (C=O) groups is 2. The summed E-state index contributed by atoms with van der Waals surface area (Å²) >= 11 is 14.3. The summed E-state index contributed by atoms with van der Waals surface area (Å²) in [6, 6.07) is 0. The molecule has 0 saturated heterocycles. The van der Waals surface area contributed by atoms with Crippen molar-refractivity contribution >= 4 is 58.7 Å². The Labute approximate surface area is 125 Å². The molecule has 0 aromatic carbocycles.